The Morgan fingerprint density at radius 1 is 1.18 bits per heavy atom. The van der Waals surface area contributed by atoms with E-state index in [4.69, 9.17) is 25.8 Å². The molecule has 28 heavy (non-hydrogen) atoms. The predicted molar refractivity (Wildman–Crippen MR) is 97.8 cm³/mol. The highest BCUT2D eigenvalue weighted by Gasteiger charge is 2.21. The molecule has 0 aromatic heterocycles. The molecule has 2 aromatic carbocycles. The Hall–Kier alpha value is -3.13. The Labute approximate surface area is 164 Å². The fraction of sp³-hybridized carbons (Fsp3) is 0.211. The van der Waals surface area contributed by atoms with Crippen LogP contribution in [0.3, 0.4) is 0 Å². The van der Waals surface area contributed by atoms with E-state index in [0.29, 0.717) is 24.7 Å². The molecule has 0 fully saturated rings. The molecule has 1 heterocycles. The van der Waals surface area contributed by atoms with Crippen LogP contribution in [0.1, 0.15) is 27.6 Å². The predicted octanol–water partition coefficient (Wildman–Crippen LogP) is 3.25. The lowest BCUT2D eigenvalue weighted by Gasteiger charge is -2.19. The van der Waals surface area contributed by atoms with Crippen LogP contribution in [-0.4, -0.2) is 37.5 Å². The Morgan fingerprint density at radius 2 is 1.93 bits per heavy atom. The fourth-order valence-electron chi connectivity index (χ4n) is 2.54. The molecule has 146 valence electrons. The van der Waals surface area contributed by atoms with Gasteiger partial charge >= 0.3 is 5.97 Å². The third-order valence-corrected chi connectivity index (χ3v) is 4.04. The number of nitrogens with one attached hydrogen (secondary N) is 1. The molecule has 0 saturated carbocycles. The molecule has 3 rings (SSSR count). The first-order chi connectivity index (χ1) is 13.3. The summed E-state index contributed by atoms with van der Waals surface area (Å²) in [6, 6.07) is 6.33. The average Bonchev–Trinajstić information content (AvgIpc) is 2.65. The summed E-state index contributed by atoms with van der Waals surface area (Å²) < 4.78 is 29.8. The van der Waals surface area contributed by atoms with E-state index in [1.807, 2.05) is 0 Å². The molecule has 0 aliphatic carbocycles. The Balaban J connectivity index is 1.67. The van der Waals surface area contributed by atoms with Crippen molar-refractivity contribution in [3.63, 3.8) is 0 Å². The third-order valence-electron chi connectivity index (χ3n) is 3.76. The number of rotatable bonds is 5. The van der Waals surface area contributed by atoms with E-state index in [1.165, 1.54) is 31.2 Å². The minimum Gasteiger partial charge on any atom is -0.486 e. The van der Waals surface area contributed by atoms with Crippen molar-refractivity contribution in [1.82, 2.24) is 0 Å². The van der Waals surface area contributed by atoms with Gasteiger partial charge in [0.05, 0.1) is 16.1 Å². The summed E-state index contributed by atoms with van der Waals surface area (Å²) in [5, 5.41) is 2.58. The number of ketones is 1. The van der Waals surface area contributed by atoms with Gasteiger partial charge in [-0.1, -0.05) is 11.6 Å². The lowest BCUT2D eigenvalue weighted by molar-refractivity contribution is -0.114. The normalized spacial score (nSPS) is 12.2. The number of carbonyl (C=O) groups excluding carboxylic acids is 3. The molecule has 1 aliphatic heterocycles. The van der Waals surface area contributed by atoms with E-state index >= 15 is 0 Å². The molecule has 1 aliphatic rings. The molecule has 1 N–H and O–H groups in total. The molecule has 0 spiro atoms. The molecule has 2 aromatic rings. The van der Waals surface area contributed by atoms with Gasteiger partial charge in [0.25, 0.3) is 0 Å². The van der Waals surface area contributed by atoms with Crippen LogP contribution in [0.2, 0.25) is 5.02 Å². The molecule has 0 saturated heterocycles. The molecule has 1 amide bonds. The molecule has 0 bridgehead atoms. The number of amides is 1. The van der Waals surface area contributed by atoms with Gasteiger partial charge in [-0.05, 0) is 30.3 Å². The Bertz CT molecular complexity index is 962. The SMILES string of the molecule is CC(=O)Nc1ccc(C(=O)COC(=O)c2cc(Cl)c3c(c2)OCCO3)c(F)c1. The third kappa shape index (κ3) is 4.40. The molecule has 7 nitrogen and oxygen atoms in total. The molecular formula is C19H15ClFNO6. The van der Waals surface area contributed by atoms with Gasteiger partial charge in [0.15, 0.2) is 18.1 Å². The number of esters is 1. The zero-order chi connectivity index (χ0) is 20.3. The largest absolute Gasteiger partial charge is 0.486 e. The van der Waals surface area contributed by atoms with Gasteiger partial charge in [-0.3, -0.25) is 9.59 Å². The van der Waals surface area contributed by atoms with Crippen molar-refractivity contribution in [2.75, 3.05) is 25.1 Å². The maximum atomic E-state index is 14.1. The number of hydrogen-bond donors (Lipinski definition) is 1. The minimum absolute atomic E-state index is 0.0727. The van der Waals surface area contributed by atoms with Crippen molar-refractivity contribution in [3.8, 4) is 11.5 Å². The van der Waals surface area contributed by atoms with E-state index in [-0.39, 0.29) is 27.7 Å². The zero-order valence-electron chi connectivity index (χ0n) is 14.7. The van der Waals surface area contributed by atoms with Crippen LogP contribution < -0.4 is 14.8 Å². The van der Waals surface area contributed by atoms with Gasteiger partial charge in [0.2, 0.25) is 11.7 Å². The Morgan fingerprint density at radius 3 is 2.64 bits per heavy atom. The van der Waals surface area contributed by atoms with E-state index in [0.717, 1.165) is 6.07 Å². The lowest BCUT2D eigenvalue weighted by Crippen LogP contribution is -2.18. The maximum absolute atomic E-state index is 14.1. The van der Waals surface area contributed by atoms with Crippen molar-refractivity contribution in [2.24, 2.45) is 0 Å². The topological polar surface area (TPSA) is 90.9 Å². The Kier molecular flexibility index (Phi) is 5.79. The van der Waals surface area contributed by atoms with Crippen molar-refractivity contribution < 1.29 is 33.0 Å². The standard InChI is InChI=1S/C19H15ClFNO6/c1-10(23)22-12-2-3-13(15(21)8-12)16(24)9-28-19(25)11-6-14(20)18-17(7-11)26-4-5-27-18/h2-3,6-8H,4-5,9H2,1H3,(H,22,23). The summed E-state index contributed by atoms with van der Waals surface area (Å²) in [6.07, 6.45) is 0. The maximum Gasteiger partial charge on any atom is 0.338 e. The van der Waals surface area contributed by atoms with Crippen LogP contribution in [0.5, 0.6) is 11.5 Å². The highest BCUT2D eigenvalue weighted by Crippen LogP contribution is 2.38. The number of hydrogen-bond acceptors (Lipinski definition) is 6. The summed E-state index contributed by atoms with van der Waals surface area (Å²) in [4.78, 5) is 35.4. The number of halogens is 2. The van der Waals surface area contributed by atoms with Crippen LogP contribution in [0, 0.1) is 5.82 Å². The van der Waals surface area contributed by atoms with E-state index in [2.05, 4.69) is 5.32 Å². The van der Waals surface area contributed by atoms with Crippen molar-refractivity contribution in [3.05, 3.63) is 52.3 Å². The second kappa shape index (κ2) is 8.26. The van der Waals surface area contributed by atoms with Crippen LogP contribution in [-0.2, 0) is 9.53 Å². The lowest BCUT2D eigenvalue weighted by atomic mass is 10.1. The van der Waals surface area contributed by atoms with Gasteiger partial charge in [-0.25, -0.2) is 9.18 Å². The number of benzene rings is 2. The van der Waals surface area contributed by atoms with Crippen LogP contribution in [0.4, 0.5) is 10.1 Å². The molecule has 0 atom stereocenters. The quantitative estimate of drug-likeness (QED) is 0.604. The smallest absolute Gasteiger partial charge is 0.338 e. The number of Topliss-reactive ketones (excluding diaryl/α,β-unsaturated/α-hetero) is 1. The first-order valence-corrected chi connectivity index (χ1v) is 8.59. The van der Waals surface area contributed by atoms with Crippen molar-refractivity contribution >= 4 is 34.9 Å². The summed E-state index contributed by atoms with van der Waals surface area (Å²) in [5.74, 6) is -2.12. The fourth-order valence-corrected chi connectivity index (χ4v) is 2.81. The minimum atomic E-state index is -0.838. The zero-order valence-corrected chi connectivity index (χ0v) is 15.5. The van der Waals surface area contributed by atoms with Gasteiger partial charge in [0.1, 0.15) is 19.0 Å². The van der Waals surface area contributed by atoms with E-state index in [1.54, 1.807) is 0 Å². The highest BCUT2D eigenvalue weighted by atomic mass is 35.5. The molecule has 0 unspecified atom stereocenters. The first-order valence-electron chi connectivity index (χ1n) is 8.22. The van der Waals surface area contributed by atoms with Crippen LogP contribution in [0.15, 0.2) is 30.3 Å². The molecule has 0 radical (unpaired) electrons. The molecular weight excluding hydrogens is 393 g/mol. The summed E-state index contributed by atoms with van der Waals surface area (Å²) >= 11 is 6.06. The van der Waals surface area contributed by atoms with Crippen LogP contribution >= 0.6 is 11.6 Å². The van der Waals surface area contributed by atoms with Gasteiger partial charge in [0, 0.05) is 12.6 Å². The van der Waals surface area contributed by atoms with Crippen molar-refractivity contribution in [1.29, 1.82) is 0 Å². The van der Waals surface area contributed by atoms with Crippen LogP contribution in [0.25, 0.3) is 0 Å². The summed E-state index contributed by atoms with van der Waals surface area (Å²) in [7, 11) is 0. The van der Waals surface area contributed by atoms with E-state index < -0.39 is 24.2 Å². The van der Waals surface area contributed by atoms with Crippen molar-refractivity contribution in [2.45, 2.75) is 6.92 Å². The summed E-state index contributed by atoms with van der Waals surface area (Å²) in [6.45, 7) is 1.27. The first kappa shape index (κ1) is 19.6. The summed E-state index contributed by atoms with van der Waals surface area (Å²) in [5.41, 5.74) is 0.0232. The average molecular weight is 408 g/mol. The highest BCUT2D eigenvalue weighted by molar-refractivity contribution is 6.32. The number of carbonyl (C=O) groups is 3. The molecule has 9 heteroatoms. The van der Waals surface area contributed by atoms with Gasteiger partial charge < -0.3 is 19.5 Å². The van der Waals surface area contributed by atoms with Gasteiger partial charge in [-0.2, -0.15) is 0 Å². The monoisotopic (exact) mass is 407 g/mol. The number of anilines is 1. The van der Waals surface area contributed by atoms with Gasteiger partial charge in [-0.15, -0.1) is 0 Å². The second-order valence-electron chi connectivity index (χ2n) is 5.86. The second-order valence-corrected chi connectivity index (χ2v) is 6.26. The number of ether oxygens (including phenoxy) is 3. The number of fused-ring (bicyclic) bond motifs is 1. The van der Waals surface area contributed by atoms with E-state index in [9.17, 15) is 18.8 Å².